The van der Waals surface area contributed by atoms with Gasteiger partial charge in [-0.25, -0.2) is 0 Å². The van der Waals surface area contributed by atoms with Crippen LogP contribution in [0, 0.1) is 5.92 Å². The molecule has 0 saturated carbocycles. The highest BCUT2D eigenvalue weighted by molar-refractivity contribution is 7.12. The van der Waals surface area contributed by atoms with Crippen molar-refractivity contribution in [2.75, 3.05) is 13.1 Å². The molecule has 0 spiro atoms. The zero-order valence-electron chi connectivity index (χ0n) is 15.0. The molecule has 24 heavy (non-hydrogen) atoms. The fourth-order valence-electron chi connectivity index (χ4n) is 2.22. The molecule has 0 aliphatic rings. The molecule has 0 aliphatic carbocycles. The maximum atomic E-state index is 12.8. The summed E-state index contributed by atoms with van der Waals surface area (Å²) in [4.78, 5) is 39.0. The first-order valence-electron chi connectivity index (χ1n) is 8.18. The lowest BCUT2D eigenvalue weighted by Crippen LogP contribution is -2.53. The van der Waals surface area contributed by atoms with Gasteiger partial charge in [0.05, 0.1) is 11.4 Å². The predicted octanol–water partition coefficient (Wildman–Crippen LogP) is 1.88. The minimum absolute atomic E-state index is 0.00833. The Balaban J connectivity index is 2.79. The van der Waals surface area contributed by atoms with Gasteiger partial charge in [-0.05, 0) is 38.1 Å². The van der Waals surface area contributed by atoms with E-state index in [-0.39, 0.29) is 36.2 Å². The Kier molecular flexibility index (Phi) is 7.91. The maximum Gasteiger partial charge on any atom is 0.262 e. The molecule has 0 bridgehead atoms. The third kappa shape index (κ3) is 5.96. The molecule has 0 aromatic carbocycles. The second-order valence-electron chi connectivity index (χ2n) is 6.25. The molecule has 1 rings (SSSR count). The van der Waals surface area contributed by atoms with E-state index in [1.807, 2.05) is 40.0 Å². The van der Waals surface area contributed by atoms with E-state index >= 15 is 0 Å². The first-order chi connectivity index (χ1) is 11.3. The number of amides is 3. The number of nitrogens with zero attached hydrogens (tertiary/aromatic N) is 1. The molecular weight excluding hydrogens is 326 g/mol. The van der Waals surface area contributed by atoms with Crippen LogP contribution in [0.25, 0.3) is 0 Å². The quantitative estimate of drug-likeness (QED) is 0.749. The lowest BCUT2D eigenvalue weighted by Gasteiger charge is -2.28. The van der Waals surface area contributed by atoms with Crippen molar-refractivity contribution >= 4 is 29.1 Å². The first kappa shape index (κ1) is 20.2. The van der Waals surface area contributed by atoms with Gasteiger partial charge >= 0.3 is 0 Å². The Hall–Kier alpha value is -1.89. The highest BCUT2D eigenvalue weighted by atomic mass is 32.1. The molecule has 134 valence electrons. The Morgan fingerprint density at radius 2 is 1.83 bits per heavy atom. The van der Waals surface area contributed by atoms with E-state index < -0.39 is 6.04 Å². The van der Waals surface area contributed by atoms with Crippen LogP contribution in [0.3, 0.4) is 0 Å². The topological polar surface area (TPSA) is 78.5 Å². The molecule has 1 unspecified atom stereocenters. The smallest absolute Gasteiger partial charge is 0.262 e. The largest absolute Gasteiger partial charge is 0.352 e. The Morgan fingerprint density at radius 3 is 2.29 bits per heavy atom. The van der Waals surface area contributed by atoms with Crippen LogP contribution in [-0.2, 0) is 9.59 Å². The number of thiophene rings is 1. The van der Waals surface area contributed by atoms with Gasteiger partial charge < -0.3 is 15.5 Å². The summed E-state index contributed by atoms with van der Waals surface area (Å²) in [5.74, 6) is -0.785. The molecule has 1 atom stereocenters. The lowest BCUT2D eigenvalue weighted by molar-refractivity contribution is -0.138. The second kappa shape index (κ2) is 9.42. The van der Waals surface area contributed by atoms with E-state index in [1.165, 1.54) is 16.2 Å². The zero-order chi connectivity index (χ0) is 18.3. The van der Waals surface area contributed by atoms with Gasteiger partial charge in [0.1, 0.15) is 6.04 Å². The third-order valence-electron chi connectivity index (χ3n) is 3.44. The molecule has 6 nitrogen and oxygen atoms in total. The standard InChI is InChI=1S/C17H27N3O3S/c1-6-20(10-14(21)18-12(4)5)17(23)15(11(2)3)19-16(22)13-8-7-9-24-13/h7-9,11-12,15H,6,10H2,1-5H3,(H,18,21)(H,19,22). The summed E-state index contributed by atoms with van der Waals surface area (Å²) in [6, 6.07) is 2.87. The Morgan fingerprint density at radius 1 is 1.17 bits per heavy atom. The summed E-state index contributed by atoms with van der Waals surface area (Å²) in [6.45, 7) is 9.70. The van der Waals surface area contributed by atoms with Crippen LogP contribution < -0.4 is 10.6 Å². The molecule has 0 saturated heterocycles. The van der Waals surface area contributed by atoms with Crippen LogP contribution in [0.5, 0.6) is 0 Å². The Labute approximate surface area is 147 Å². The molecule has 7 heteroatoms. The van der Waals surface area contributed by atoms with Crippen molar-refractivity contribution in [1.82, 2.24) is 15.5 Å². The van der Waals surface area contributed by atoms with Crippen molar-refractivity contribution in [1.29, 1.82) is 0 Å². The highest BCUT2D eigenvalue weighted by Crippen LogP contribution is 2.12. The van der Waals surface area contributed by atoms with Gasteiger partial charge in [-0.3, -0.25) is 14.4 Å². The van der Waals surface area contributed by atoms with Crippen molar-refractivity contribution in [3.05, 3.63) is 22.4 Å². The van der Waals surface area contributed by atoms with Gasteiger partial charge in [-0.15, -0.1) is 11.3 Å². The number of hydrogen-bond acceptors (Lipinski definition) is 4. The molecule has 0 aliphatic heterocycles. The van der Waals surface area contributed by atoms with Crippen LogP contribution in [0.15, 0.2) is 17.5 Å². The van der Waals surface area contributed by atoms with Crippen LogP contribution in [-0.4, -0.2) is 47.8 Å². The fourth-order valence-corrected chi connectivity index (χ4v) is 2.84. The van der Waals surface area contributed by atoms with Crippen molar-refractivity contribution in [3.63, 3.8) is 0 Å². The monoisotopic (exact) mass is 353 g/mol. The summed E-state index contributed by atoms with van der Waals surface area (Å²) in [6.07, 6.45) is 0. The molecule has 0 radical (unpaired) electrons. The first-order valence-corrected chi connectivity index (χ1v) is 9.06. The van der Waals surface area contributed by atoms with Crippen molar-refractivity contribution in [3.8, 4) is 0 Å². The average molecular weight is 353 g/mol. The molecule has 2 N–H and O–H groups in total. The van der Waals surface area contributed by atoms with E-state index in [0.717, 1.165) is 0 Å². The minimum atomic E-state index is -0.661. The van der Waals surface area contributed by atoms with Crippen molar-refractivity contribution < 1.29 is 14.4 Å². The highest BCUT2D eigenvalue weighted by Gasteiger charge is 2.29. The van der Waals surface area contributed by atoms with Gasteiger partial charge in [0.2, 0.25) is 11.8 Å². The summed E-state index contributed by atoms with van der Waals surface area (Å²) in [5.41, 5.74) is 0. The fraction of sp³-hybridized carbons (Fsp3) is 0.588. The number of rotatable bonds is 8. The van der Waals surface area contributed by atoms with Gasteiger partial charge in [0.15, 0.2) is 0 Å². The van der Waals surface area contributed by atoms with Gasteiger partial charge in [-0.2, -0.15) is 0 Å². The summed E-state index contributed by atoms with van der Waals surface area (Å²) in [5, 5.41) is 7.39. The van der Waals surface area contributed by atoms with Gasteiger partial charge in [-0.1, -0.05) is 19.9 Å². The summed E-state index contributed by atoms with van der Waals surface area (Å²) in [7, 11) is 0. The SMILES string of the molecule is CCN(CC(=O)NC(C)C)C(=O)C(NC(=O)c1cccs1)C(C)C. The number of hydrogen-bond donors (Lipinski definition) is 2. The van der Waals surface area contributed by atoms with Gasteiger partial charge in [0.25, 0.3) is 5.91 Å². The van der Waals surface area contributed by atoms with Crippen LogP contribution in [0.4, 0.5) is 0 Å². The molecular formula is C17H27N3O3S. The van der Waals surface area contributed by atoms with Crippen LogP contribution in [0.1, 0.15) is 44.3 Å². The molecule has 1 aromatic heterocycles. The second-order valence-corrected chi connectivity index (χ2v) is 7.19. The predicted molar refractivity (Wildman–Crippen MR) is 95.9 cm³/mol. The number of carbonyl (C=O) groups excluding carboxylic acids is 3. The van der Waals surface area contributed by atoms with Crippen LogP contribution in [0.2, 0.25) is 0 Å². The Bertz CT molecular complexity index is 555. The van der Waals surface area contributed by atoms with Crippen LogP contribution >= 0.6 is 11.3 Å². The zero-order valence-corrected chi connectivity index (χ0v) is 15.8. The molecule has 0 fully saturated rings. The van der Waals surface area contributed by atoms with Crippen molar-refractivity contribution in [2.45, 2.75) is 46.7 Å². The third-order valence-corrected chi connectivity index (χ3v) is 4.31. The van der Waals surface area contributed by atoms with E-state index in [9.17, 15) is 14.4 Å². The van der Waals surface area contributed by atoms with Gasteiger partial charge in [0, 0.05) is 12.6 Å². The van der Waals surface area contributed by atoms with Crippen molar-refractivity contribution in [2.24, 2.45) is 5.92 Å². The molecule has 1 aromatic rings. The maximum absolute atomic E-state index is 12.8. The molecule has 3 amide bonds. The van der Waals surface area contributed by atoms with E-state index in [1.54, 1.807) is 12.1 Å². The van der Waals surface area contributed by atoms with E-state index in [0.29, 0.717) is 11.4 Å². The summed E-state index contributed by atoms with van der Waals surface area (Å²) >= 11 is 1.33. The molecule has 1 heterocycles. The summed E-state index contributed by atoms with van der Waals surface area (Å²) < 4.78 is 0. The normalized spacial score (nSPS) is 12.1. The average Bonchev–Trinajstić information content (AvgIpc) is 3.02. The minimum Gasteiger partial charge on any atom is -0.352 e. The van der Waals surface area contributed by atoms with E-state index in [2.05, 4.69) is 10.6 Å². The van der Waals surface area contributed by atoms with E-state index in [4.69, 9.17) is 0 Å². The number of nitrogens with one attached hydrogen (secondary N) is 2. The lowest BCUT2D eigenvalue weighted by atomic mass is 10.0. The number of likely N-dealkylation sites (N-methyl/N-ethyl adjacent to an activating group) is 1. The number of carbonyl (C=O) groups is 3.